The minimum atomic E-state index is 0.147. The van der Waals surface area contributed by atoms with Crippen molar-refractivity contribution in [3.8, 4) is 0 Å². The molecule has 0 aliphatic carbocycles. The summed E-state index contributed by atoms with van der Waals surface area (Å²) in [6.45, 7) is 8.00. The number of hydrogen-bond acceptors (Lipinski definition) is 2. The number of halogens is 1. The Bertz CT molecular complexity index is 484. The van der Waals surface area contributed by atoms with E-state index in [2.05, 4.69) is 28.2 Å². The van der Waals surface area contributed by atoms with Crippen molar-refractivity contribution in [2.45, 2.75) is 33.1 Å². The normalized spacial score (nSPS) is 18.5. The van der Waals surface area contributed by atoms with Gasteiger partial charge in [0.05, 0.1) is 5.56 Å². The zero-order valence-corrected chi connectivity index (χ0v) is 14.6. The number of carbonyl (C=O) groups excluding carboxylic acids is 1. The monoisotopic (exact) mass is 352 g/mol. The molecule has 1 aliphatic heterocycles. The molecule has 0 saturated carbocycles. The molecule has 0 spiro atoms. The Balaban J connectivity index is 2.10. The SMILES string of the molecule is CCCN(CC1CCCNC1)C(=O)c1ccc(C)cc1Br. The highest BCUT2D eigenvalue weighted by atomic mass is 79.9. The van der Waals surface area contributed by atoms with Gasteiger partial charge >= 0.3 is 0 Å². The van der Waals surface area contributed by atoms with Gasteiger partial charge in [0.25, 0.3) is 5.91 Å². The van der Waals surface area contributed by atoms with Crippen molar-refractivity contribution >= 4 is 21.8 Å². The van der Waals surface area contributed by atoms with Crippen LogP contribution in [-0.2, 0) is 0 Å². The molecule has 2 rings (SSSR count). The van der Waals surface area contributed by atoms with Gasteiger partial charge in [0, 0.05) is 17.6 Å². The highest BCUT2D eigenvalue weighted by Crippen LogP contribution is 2.21. The van der Waals surface area contributed by atoms with Crippen LogP contribution in [0.1, 0.15) is 42.1 Å². The lowest BCUT2D eigenvalue weighted by molar-refractivity contribution is 0.0718. The van der Waals surface area contributed by atoms with E-state index >= 15 is 0 Å². The second-order valence-corrected chi connectivity index (χ2v) is 6.80. The molecule has 1 atom stereocenters. The summed E-state index contributed by atoms with van der Waals surface area (Å²) in [5.41, 5.74) is 1.94. The van der Waals surface area contributed by atoms with E-state index in [0.29, 0.717) is 5.92 Å². The Morgan fingerprint density at radius 2 is 2.29 bits per heavy atom. The fourth-order valence-electron chi connectivity index (χ4n) is 2.90. The summed E-state index contributed by atoms with van der Waals surface area (Å²) >= 11 is 3.53. The van der Waals surface area contributed by atoms with Gasteiger partial charge in [0.2, 0.25) is 0 Å². The summed E-state index contributed by atoms with van der Waals surface area (Å²) in [5.74, 6) is 0.729. The minimum Gasteiger partial charge on any atom is -0.338 e. The van der Waals surface area contributed by atoms with E-state index in [1.165, 1.54) is 12.8 Å². The van der Waals surface area contributed by atoms with Crippen molar-refractivity contribution < 1.29 is 4.79 Å². The third-order valence-electron chi connectivity index (χ3n) is 4.01. The summed E-state index contributed by atoms with van der Waals surface area (Å²) in [6, 6.07) is 5.95. The fraction of sp³-hybridized carbons (Fsp3) is 0.588. The summed E-state index contributed by atoms with van der Waals surface area (Å²) in [5, 5.41) is 3.43. The van der Waals surface area contributed by atoms with Crippen LogP contribution in [0.2, 0.25) is 0 Å². The van der Waals surface area contributed by atoms with Crippen LogP contribution in [-0.4, -0.2) is 37.0 Å². The summed E-state index contributed by atoms with van der Waals surface area (Å²) in [4.78, 5) is 14.8. The first-order valence-electron chi connectivity index (χ1n) is 7.88. The molecule has 1 saturated heterocycles. The number of amides is 1. The number of nitrogens with zero attached hydrogens (tertiary/aromatic N) is 1. The molecule has 0 aromatic heterocycles. The lowest BCUT2D eigenvalue weighted by Gasteiger charge is -2.30. The van der Waals surface area contributed by atoms with E-state index in [-0.39, 0.29) is 5.91 Å². The van der Waals surface area contributed by atoms with Crippen molar-refractivity contribution in [3.63, 3.8) is 0 Å². The van der Waals surface area contributed by atoms with Crippen molar-refractivity contribution in [1.82, 2.24) is 10.2 Å². The number of aryl methyl sites for hydroxylation is 1. The highest BCUT2D eigenvalue weighted by Gasteiger charge is 2.22. The molecule has 1 heterocycles. The van der Waals surface area contributed by atoms with E-state index in [1.54, 1.807) is 0 Å². The first kappa shape index (κ1) is 16.5. The molecule has 1 unspecified atom stereocenters. The molecule has 0 bridgehead atoms. The van der Waals surface area contributed by atoms with Gasteiger partial charge in [-0.25, -0.2) is 0 Å². The molecule has 3 nitrogen and oxygen atoms in total. The second kappa shape index (κ2) is 7.95. The molecule has 1 amide bonds. The molecule has 1 N–H and O–H groups in total. The first-order valence-corrected chi connectivity index (χ1v) is 8.67. The van der Waals surface area contributed by atoms with E-state index in [4.69, 9.17) is 0 Å². The van der Waals surface area contributed by atoms with Gasteiger partial charge in [-0.15, -0.1) is 0 Å². The molecular weight excluding hydrogens is 328 g/mol. The maximum atomic E-state index is 12.8. The molecule has 116 valence electrons. The van der Waals surface area contributed by atoms with Crippen LogP contribution in [0.25, 0.3) is 0 Å². The zero-order chi connectivity index (χ0) is 15.2. The Morgan fingerprint density at radius 3 is 2.90 bits per heavy atom. The van der Waals surface area contributed by atoms with Gasteiger partial charge in [-0.05, 0) is 78.8 Å². The minimum absolute atomic E-state index is 0.147. The average molecular weight is 353 g/mol. The van der Waals surface area contributed by atoms with Gasteiger partial charge in [-0.3, -0.25) is 4.79 Å². The largest absolute Gasteiger partial charge is 0.338 e. The van der Waals surface area contributed by atoms with Crippen LogP contribution in [0.5, 0.6) is 0 Å². The molecule has 1 aromatic rings. The number of rotatable bonds is 5. The smallest absolute Gasteiger partial charge is 0.255 e. The van der Waals surface area contributed by atoms with Crippen LogP contribution in [0, 0.1) is 12.8 Å². The highest BCUT2D eigenvalue weighted by molar-refractivity contribution is 9.10. The summed E-state index contributed by atoms with van der Waals surface area (Å²) in [7, 11) is 0. The third-order valence-corrected chi connectivity index (χ3v) is 4.67. The standard InChI is InChI=1S/C17H25BrN2O/c1-3-9-20(12-14-5-4-8-19-11-14)17(21)15-7-6-13(2)10-16(15)18/h6-7,10,14,19H,3-5,8-9,11-12H2,1-2H3. The first-order chi connectivity index (χ1) is 10.1. The van der Waals surface area contributed by atoms with Gasteiger partial charge < -0.3 is 10.2 Å². The Kier molecular flexibility index (Phi) is 6.24. The van der Waals surface area contributed by atoms with Crippen molar-refractivity contribution in [1.29, 1.82) is 0 Å². The molecule has 0 radical (unpaired) electrons. The fourth-order valence-corrected chi connectivity index (χ4v) is 3.56. The lowest BCUT2D eigenvalue weighted by atomic mass is 9.98. The number of hydrogen-bond donors (Lipinski definition) is 1. The van der Waals surface area contributed by atoms with Crippen molar-refractivity contribution in [2.75, 3.05) is 26.2 Å². The molecule has 4 heteroatoms. The topological polar surface area (TPSA) is 32.3 Å². The lowest BCUT2D eigenvalue weighted by Crippen LogP contribution is -2.41. The number of nitrogens with one attached hydrogen (secondary N) is 1. The van der Waals surface area contributed by atoms with E-state index in [1.807, 2.05) is 30.0 Å². The summed E-state index contributed by atoms with van der Waals surface area (Å²) in [6.07, 6.45) is 3.43. The molecule has 1 aliphatic rings. The maximum absolute atomic E-state index is 12.8. The Hall–Kier alpha value is -0.870. The predicted octanol–water partition coefficient (Wildman–Crippen LogP) is 3.61. The third kappa shape index (κ3) is 4.55. The predicted molar refractivity (Wildman–Crippen MR) is 90.7 cm³/mol. The quantitative estimate of drug-likeness (QED) is 0.877. The van der Waals surface area contributed by atoms with E-state index in [0.717, 1.165) is 48.2 Å². The van der Waals surface area contributed by atoms with Gasteiger partial charge in [0.15, 0.2) is 0 Å². The number of piperidine rings is 1. The number of benzene rings is 1. The molecule has 21 heavy (non-hydrogen) atoms. The van der Waals surface area contributed by atoms with E-state index in [9.17, 15) is 4.79 Å². The second-order valence-electron chi connectivity index (χ2n) is 5.95. The Morgan fingerprint density at radius 1 is 1.48 bits per heavy atom. The van der Waals surface area contributed by atoms with Crippen LogP contribution in [0.15, 0.2) is 22.7 Å². The van der Waals surface area contributed by atoms with Crippen LogP contribution in [0.4, 0.5) is 0 Å². The van der Waals surface area contributed by atoms with Gasteiger partial charge in [-0.2, -0.15) is 0 Å². The van der Waals surface area contributed by atoms with Crippen molar-refractivity contribution in [2.24, 2.45) is 5.92 Å². The molecule has 1 aromatic carbocycles. The van der Waals surface area contributed by atoms with Crippen LogP contribution < -0.4 is 5.32 Å². The average Bonchev–Trinajstić information content (AvgIpc) is 2.47. The number of carbonyl (C=O) groups is 1. The maximum Gasteiger partial charge on any atom is 0.255 e. The molecule has 1 fully saturated rings. The zero-order valence-electron chi connectivity index (χ0n) is 13.0. The van der Waals surface area contributed by atoms with Gasteiger partial charge in [-0.1, -0.05) is 13.0 Å². The van der Waals surface area contributed by atoms with Crippen molar-refractivity contribution in [3.05, 3.63) is 33.8 Å². The van der Waals surface area contributed by atoms with Crippen LogP contribution in [0.3, 0.4) is 0 Å². The molecular formula is C17H25BrN2O. The Labute approximate surface area is 136 Å². The van der Waals surface area contributed by atoms with Gasteiger partial charge in [0.1, 0.15) is 0 Å². The van der Waals surface area contributed by atoms with E-state index < -0.39 is 0 Å². The van der Waals surface area contributed by atoms with Crippen LogP contribution >= 0.6 is 15.9 Å². The summed E-state index contributed by atoms with van der Waals surface area (Å²) < 4.78 is 0.898.